The normalized spacial score (nSPS) is 11.0. The molecule has 2 aromatic heterocycles. The molecule has 182 valence electrons. The van der Waals surface area contributed by atoms with Gasteiger partial charge in [-0.3, -0.25) is 14.3 Å². The van der Waals surface area contributed by atoms with Crippen molar-refractivity contribution in [3.8, 4) is 22.9 Å². The number of hydrogen-bond donors (Lipinski definition) is 1. The van der Waals surface area contributed by atoms with Gasteiger partial charge in [-0.2, -0.15) is 5.26 Å². The summed E-state index contributed by atoms with van der Waals surface area (Å²) in [5.41, 5.74) is -0.683. The third kappa shape index (κ3) is 4.74. The summed E-state index contributed by atoms with van der Waals surface area (Å²) in [6.07, 6.45) is -1.97. The van der Waals surface area contributed by atoms with Crippen LogP contribution in [0.3, 0.4) is 0 Å². The lowest BCUT2D eigenvalue weighted by molar-refractivity contribution is 0.0697. The van der Waals surface area contributed by atoms with Crippen molar-refractivity contribution in [1.82, 2.24) is 14.5 Å². The Morgan fingerprint density at radius 1 is 1.28 bits per heavy atom. The molecule has 11 heteroatoms. The topological polar surface area (TPSA) is 118 Å². The lowest BCUT2D eigenvalue weighted by Crippen LogP contribution is -2.27. The largest absolute Gasteiger partial charge is 0.491 e. The van der Waals surface area contributed by atoms with E-state index in [1.807, 2.05) is 0 Å². The molecule has 0 unspecified atom stereocenters. The van der Waals surface area contributed by atoms with Crippen LogP contribution in [0.25, 0.3) is 22.0 Å². The van der Waals surface area contributed by atoms with Gasteiger partial charge < -0.3 is 9.84 Å². The maximum absolute atomic E-state index is 13.3. The number of fused-ring (bicyclic) bond motifs is 1. The lowest BCUT2D eigenvalue weighted by atomic mass is 10.0. The summed E-state index contributed by atoms with van der Waals surface area (Å²) in [7, 11) is 0. The Morgan fingerprint density at radius 2 is 2.06 bits per heavy atom. The fraction of sp³-hybridized carbons (Fsp3) is 0.160. The molecule has 36 heavy (non-hydrogen) atoms. The first kappa shape index (κ1) is 24.8. The van der Waals surface area contributed by atoms with Gasteiger partial charge in [0.15, 0.2) is 0 Å². The molecule has 2 heterocycles. The van der Waals surface area contributed by atoms with Crippen LogP contribution in [0.15, 0.2) is 53.5 Å². The molecule has 0 aliphatic rings. The number of alkyl halides is 2. The molecule has 1 N–H and O–H groups in total. The van der Waals surface area contributed by atoms with E-state index in [1.165, 1.54) is 16.7 Å². The number of rotatable bonds is 7. The van der Waals surface area contributed by atoms with Crippen molar-refractivity contribution in [3.05, 3.63) is 86.7 Å². The smallest absolute Gasteiger partial charge is 0.335 e. The van der Waals surface area contributed by atoms with Gasteiger partial charge in [0, 0.05) is 10.6 Å². The summed E-state index contributed by atoms with van der Waals surface area (Å²) in [5.74, 6) is -0.401. The summed E-state index contributed by atoms with van der Waals surface area (Å²) in [6, 6.07) is 12.8. The van der Waals surface area contributed by atoms with Gasteiger partial charge in [-0.15, -0.1) is 0 Å². The Bertz CT molecular complexity index is 1600. The van der Waals surface area contributed by atoms with Gasteiger partial charge in [-0.25, -0.2) is 18.6 Å². The molecule has 0 spiro atoms. The number of hydrogen-bond acceptors (Lipinski definition) is 6. The van der Waals surface area contributed by atoms with Crippen molar-refractivity contribution in [1.29, 1.82) is 5.26 Å². The molecule has 0 bridgehead atoms. The third-order valence-corrected chi connectivity index (χ3v) is 5.71. The Balaban J connectivity index is 1.67. The number of nitriles is 1. The van der Waals surface area contributed by atoms with Gasteiger partial charge in [-0.05, 0) is 42.8 Å². The van der Waals surface area contributed by atoms with Crippen LogP contribution in [-0.4, -0.2) is 32.2 Å². The first-order chi connectivity index (χ1) is 17.2. The minimum absolute atomic E-state index is 0.00203. The molecule has 4 aromatic rings. The summed E-state index contributed by atoms with van der Waals surface area (Å²) in [5, 5.41) is 18.9. The number of aromatic nitrogens is 3. The third-order valence-electron chi connectivity index (χ3n) is 5.47. The average Bonchev–Trinajstić information content (AvgIpc) is 2.85. The molecule has 8 nitrogen and oxygen atoms in total. The highest BCUT2D eigenvalue weighted by Crippen LogP contribution is 2.33. The maximum atomic E-state index is 13.3. The number of pyridine rings is 1. The van der Waals surface area contributed by atoms with Gasteiger partial charge in [-0.1, -0.05) is 23.7 Å². The van der Waals surface area contributed by atoms with Crippen LogP contribution in [0.1, 0.15) is 33.9 Å². The summed E-state index contributed by atoms with van der Waals surface area (Å²) < 4.78 is 33.8. The molecule has 0 aliphatic heterocycles. The number of benzene rings is 2. The van der Waals surface area contributed by atoms with Gasteiger partial charge in [0.2, 0.25) is 0 Å². The van der Waals surface area contributed by atoms with Crippen LogP contribution >= 0.6 is 11.6 Å². The fourth-order valence-corrected chi connectivity index (χ4v) is 3.97. The summed E-state index contributed by atoms with van der Waals surface area (Å²) in [4.78, 5) is 32.4. The van der Waals surface area contributed by atoms with Crippen LogP contribution in [0.5, 0.6) is 5.75 Å². The van der Waals surface area contributed by atoms with E-state index in [-0.39, 0.29) is 35.4 Å². The number of aromatic carboxylic acids is 1. The number of halogens is 3. The number of nitrogens with zero attached hydrogens (tertiary/aromatic N) is 4. The second kappa shape index (κ2) is 10.1. The van der Waals surface area contributed by atoms with Gasteiger partial charge in [0.05, 0.1) is 34.8 Å². The van der Waals surface area contributed by atoms with E-state index in [0.29, 0.717) is 21.9 Å². The van der Waals surface area contributed by atoms with Crippen LogP contribution in [0, 0.1) is 18.3 Å². The van der Waals surface area contributed by atoms with Crippen molar-refractivity contribution in [2.24, 2.45) is 0 Å². The Labute approximate surface area is 208 Å². The number of aryl methyl sites for hydroxylation is 1. The van der Waals surface area contributed by atoms with Crippen LogP contribution in [-0.2, 0) is 6.54 Å². The van der Waals surface area contributed by atoms with E-state index in [4.69, 9.17) is 16.3 Å². The molecule has 0 atom stereocenters. The van der Waals surface area contributed by atoms with Crippen molar-refractivity contribution in [3.63, 3.8) is 0 Å². The predicted molar refractivity (Wildman–Crippen MR) is 128 cm³/mol. The van der Waals surface area contributed by atoms with Gasteiger partial charge in [0.25, 0.3) is 12.0 Å². The molecule has 4 rings (SSSR count). The van der Waals surface area contributed by atoms with Gasteiger partial charge >= 0.3 is 5.97 Å². The maximum Gasteiger partial charge on any atom is 0.335 e. The second-order valence-electron chi connectivity index (χ2n) is 7.68. The van der Waals surface area contributed by atoms with Gasteiger partial charge in [0.1, 0.15) is 29.9 Å². The number of ether oxygens (including phenoxy) is 1. The lowest BCUT2D eigenvalue weighted by Gasteiger charge is -2.15. The Hall–Kier alpha value is -4.36. The average molecular weight is 511 g/mol. The van der Waals surface area contributed by atoms with E-state index >= 15 is 0 Å². The molecule has 0 amide bonds. The standard InChI is InChI=1S/C25H17ClF2N4O4/c1-13-31-19-12-30-22(23(27)28)18(11-29)21(19)24(33)32(13)7-8-36-20-6-5-16(26)10-17(20)14-3-2-4-15(9-14)25(34)35/h2-6,9-10,12,23H,7-8H2,1H3,(H,34,35). The number of carbonyl (C=O) groups is 1. The van der Waals surface area contributed by atoms with E-state index in [2.05, 4.69) is 9.97 Å². The molecule has 0 saturated heterocycles. The predicted octanol–water partition coefficient (Wildman–Crippen LogP) is 5.01. The zero-order valence-electron chi connectivity index (χ0n) is 18.7. The minimum atomic E-state index is -3.02. The summed E-state index contributed by atoms with van der Waals surface area (Å²) in [6.45, 7) is 1.55. The van der Waals surface area contributed by atoms with Crippen LogP contribution < -0.4 is 10.3 Å². The van der Waals surface area contributed by atoms with Crippen molar-refractivity contribution in [2.45, 2.75) is 19.9 Å². The molecule has 2 aromatic carbocycles. The van der Waals surface area contributed by atoms with E-state index in [0.717, 1.165) is 6.20 Å². The first-order valence-electron chi connectivity index (χ1n) is 10.6. The van der Waals surface area contributed by atoms with Crippen molar-refractivity contribution < 1.29 is 23.4 Å². The monoisotopic (exact) mass is 510 g/mol. The molecule has 0 radical (unpaired) electrons. The Kier molecular flexibility index (Phi) is 6.94. The SMILES string of the molecule is Cc1nc2cnc(C(F)F)c(C#N)c2c(=O)n1CCOc1ccc(Cl)cc1-c1cccc(C(=O)O)c1. The van der Waals surface area contributed by atoms with Crippen LogP contribution in [0.4, 0.5) is 8.78 Å². The summed E-state index contributed by atoms with van der Waals surface area (Å²) >= 11 is 6.15. The second-order valence-corrected chi connectivity index (χ2v) is 8.12. The fourth-order valence-electron chi connectivity index (χ4n) is 3.80. The quantitative estimate of drug-likeness (QED) is 0.371. The van der Waals surface area contributed by atoms with Crippen molar-refractivity contribution >= 4 is 28.5 Å². The molecule has 0 saturated carbocycles. The Morgan fingerprint density at radius 3 is 2.75 bits per heavy atom. The number of carboxylic acids is 1. The highest BCUT2D eigenvalue weighted by atomic mass is 35.5. The first-order valence-corrected chi connectivity index (χ1v) is 10.9. The minimum Gasteiger partial charge on any atom is -0.491 e. The zero-order valence-corrected chi connectivity index (χ0v) is 19.5. The molecule has 0 aliphatic carbocycles. The van der Waals surface area contributed by atoms with E-state index in [9.17, 15) is 28.7 Å². The number of carboxylic acid groups (broad SMARTS) is 1. The van der Waals surface area contributed by atoms with E-state index in [1.54, 1.807) is 43.3 Å². The van der Waals surface area contributed by atoms with Crippen LogP contribution in [0.2, 0.25) is 5.02 Å². The zero-order chi connectivity index (χ0) is 26.0. The molecule has 0 fully saturated rings. The van der Waals surface area contributed by atoms with Crippen molar-refractivity contribution in [2.75, 3.05) is 6.61 Å². The van der Waals surface area contributed by atoms with E-state index < -0.39 is 29.2 Å². The highest BCUT2D eigenvalue weighted by molar-refractivity contribution is 6.31. The molecular formula is C25H17ClF2N4O4. The molecular weight excluding hydrogens is 494 g/mol. The highest BCUT2D eigenvalue weighted by Gasteiger charge is 2.21.